The van der Waals surface area contributed by atoms with E-state index in [0.717, 1.165) is 0 Å². The van der Waals surface area contributed by atoms with Crippen molar-refractivity contribution in [2.75, 3.05) is 26.3 Å². The quantitative estimate of drug-likeness (QED) is 0.786. The minimum atomic E-state index is -3.76. The predicted octanol–water partition coefficient (Wildman–Crippen LogP) is 0.779. The van der Waals surface area contributed by atoms with Gasteiger partial charge in [-0.1, -0.05) is 0 Å². The van der Waals surface area contributed by atoms with Crippen LogP contribution in [0.4, 0.5) is 0 Å². The fourth-order valence-corrected chi connectivity index (χ4v) is 4.79. The van der Waals surface area contributed by atoms with E-state index in [-0.39, 0.29) is 29.4 Å². The van der Waals surface area contributed by atoms with E-state index in [1.165, 1.54) is 34.8 Å². The molecule has 0 spiro atoms. The molecule has 0 atom stereocenters. The van der Waals surface area contributed by atoms with Crippen molar-refractivity contribution in [1.82, 2.24) is 9.03 Å². The smallest absolute Gasteiger partial charge is 0.243 e. The first-order valence-corrected chi connectivity index (χ1v) is 10.5. The molecule has 2 heterocycles. The van der Waals surface area contributed by atoms with Gasteiger partial charge >= 0.3 is 0 Å². The van der Waals surface area contributed by atoms with Gasteiger partial charge in [-0.05, 0) is 36.4 Å². The van der Waals surface area contributed by atoms with E-state index in [2.05, 4.69) is 4.72 Å². The van der Waals surface area contributed by atoms with Crippen LogP contribution in [-0.2, 0) is 31.3 Å². The molecule has 136 valence electrons. The van der Waals surface area contributed by atoms with Crippen molar-refractivity contribution in [3.05, 3.63) is 48.4 Å². The van der Waals surface area contributed by atoms with Crippen LogP contribution in [0.5, 0.6) is 0 Å². The lowest BCUT2D eigenvalue weighted by atomic mass is 10.4. The molecule has 10 heteroatoms. The minimum Gasteiger partial charge on any atom is -0.468 e. The highest BCUT2D eigenvalue weighted by atomic mass is 32.2. The average molecular weight is 386 g/mol. The Kier molecular flexibility index (Phi) is 5.25. The van der Waals surface area contributed by atoms with Crippen molar-refractivity contribution >= 4 is 20.0 Å². The molecule has 25 heavy (non-hydrogen) atoms. The molecule has 0 bridgehead atoms. The van der Waals surface area contributed by atoms with Gasteiger partial charge in [-0.2, -0.15) is 4.31 Å². The van der Waals surface area contributed by atoms with E-state index in [4.69, 9.17) is 9.15 Å². The summed E-state index contributed by atoms with van der Waals surface area (Å²) in [7, 11) is -7.41. The molecule has 1 aromatic heterocycles. The van der Waals surface area contributed by atoms with Gasteiger partial charge in [-0.3, -0.25) is 0 Å². The van der Waals surface area contributed by atoms with Gasteiger partial charge in [0.2, 0.25) is 20.0 Å². The zero-order valence-corrected chi connectivity index (χ0v) is 14.9. The number of hydrogen-bond donors (Lipinski definition) is 1. The van der Waals surface area contributed by atoms with Gasteiger partial charge in [0.1, 0.15) is 5.76 Å². The van der Waals surface area contributed by atoms with Gasteiger partial charge in [0, 0.05) is 13.1 Å². The maximum atomic E-state index is 12.5. The summed E-state index contributed by atoms with van der Waals surface area (Å²) in [5.74, 6) is 0.482. The highest BCUT2D eigenvalue weighted by Gasteiger charge is 2.26. The third-order valence-corrected chi connectivity index (χ3v) is 7.09. The summed E-state index contributed by atoms with van der Waals surface area (Å²) in [5.41, 5.74) is 0. The van der Waals surface area contributed by atoms with Gasteiger partial charge in [0.25, 0.3) is 0 Å². The van der Waals surface area contributed by atoms with Crippen LogP contribution in [0.2, 0.25) is 0 Å². The highest BCUT2D eigenvalue weighted by Crippen LogP contribution is 2.19. The van der Waals surface area contributed by atoms with Gasteiger partial charge in [0.05, 0.1) is 35.8 Å². The summed E-state index contributed by atoms with van der Waals surface area (Å²) >= 11 is 0. The summed E-state index contributed by atoms with van der Waals surface area (Å²) in [4.78, 5) is 0.0411. The number of hydrogen-bond acceptors (Lipinski definition) is 6. The van der Waals surface area contributed by atoms with Gasteiger partial charge in [-0.15, -0.1) is 0 Å². The standard InChI is InChI=1S/C15H18N2O6S2/c18-24(19,16-12-13-2-1-9-23-13)14-3-5-15(6-4-14)25(20,21)17-7-10-22-11-8-17/h1-6,9,16H,7-8,10-12H2. The van der Waals surface area contributed by atoms with Crippen LogP contribution >= 0.6 is 0 Å². The van der Waals surface area contributed by atoms with Crippen LogP contribution in [0.15, 0.2) is 56.9 Å². The number of nitrogens with one attached hydrogen (secondary N) is 1. The van der Waals surface area contributed by atoms with E-state index >= 15 is 0 Å². The molecule has 0 unspecified atom stereocenters. The Balaban J connectivity index is 1.74. The van der Waals surface area contributed by atoms with Crippen molar-refractivity contribution < 1.29 is 26.0 Å². The van der Waals surface area contributed by atoms with Crippen LogP contribution in [0.3, 0.4) is 0 Å². The Hall–Kier alpha value is -1.72. The molecule has 1 saturated heterocycles. The second kappa shape index (κ2) is 7.26. The van der Waals surface area contributed by atoms with Crippen molar-refractivity contribution in [1.29, 1.82) is 0 Å². The number of rotatable bonds is 6. The summed E-state index contributed by atoms with van der Waals surface area (Å²) in [6.07, 6.45) is 1.45. The van der Waals surface area contributed by atoms with Gasteiger partial charge < -0.3 is 9.15 Å². The Labute approximate surface area is 146 Å². The van der Waals surface area contributed by atoms with Crippen LogP contribution in [-0.4, -0.2) is 47.4 Å². The number of nitrogens with zero attached hydrogens (tertiary/aromatic N) is 1. The first kappa shape index (κ1) is 18.1. The first-order chi connectivity index (χ1) is 11.9. The van der Waals surface area contributed by atoms with Crippen LogP contribution in [0.1, 0.15) is 5.76 Å². The molecule has 0 saturated carbocycles. The monoisotopic (exact) mass is 386 g/mol. The highest BCUT2D eigenvalue weighted by molar-refractivity contribution is 7.89. The van der Waals surface area contributed by atoms with E-state index in [1.54, 1.807) is 12.1 Å². The Morgan fingerprint density at radius 3 is 2.20 bits per heavy atom. The SMILES string of the molecule is O=S(=O)(NCc1ccco1)c1ccc(S(=O)(=O)N2CCOCC2)cc1. The van der Waals surface area contributed by atoms with E-state index in [1.807, 2.05) is 0 Å². The van der Waals surface area contributed by atoms with Crippen LogP contribution in [0, 0.1) is 0 Å². The summed E-state index contributed by atoms with van der Waals surface area (Å²) in [5, 5.41) is 0. The molecule has 3 rings (SSSR count). The second-order valence-corrected chi connectivity index (χ2v) is 9.10. The zero-order valence-electron chi connectivity index (χ0n) is 13.3. The molecule has 0 amide bonds. The number of benzene rings is 1. The molecular weight excluding hydrogens is 368 g/mol. The third kappa shape index (κ3) is 4.10. The van der Waals surface area contributed by atoms with Crippen molar-refractivity contribution in [3.63, 3.8) is 0 Å². The molecule has 1 fully saturated rings. The molecule has 0 aliphatic carbocycles. The summed E-state index contributed by atoms with van der Waals surface area (Å²) in [6, 6.07) is 8.46. The van der Waals surface area contributed by atoms with Crippen molar-refractivity contribution in [2.24, 2.45) is 0 Å². The number of morpholine rings is 1. The van der Waals surface area contributed by atoms with Crippen molar-refractivity contribution in [2.45, 2.75) is 16.3 Å². The predicted molar refractivity (Wildman–Crippen MR) is 88.8 cm³/mol. The molecule has 1 aromatic carbocycles. The number of furan rings is 1. The number of sulfonamides is 2. The topological polar surface area (TPSA) is 106 Å². The zero-order chi connectivity index (χ0) is 17.9. The van der Waals surface area contributed by atoms with E-state index in [9.17, 15) is 16.8 Å². The molecule has 1 aliphatic rings. The second-order valence-electron chi connectivity index (χ2n) is 5.39. The minimum absolute atomic E-state index is 0.0139. The van der Waals surface area contributed by atoms with Crippen LogP contribution < -0.4 is 4.72 Å². The normalized spacial score (nSPS) is 16.8. The summed E-state index contributed by atoms with van der Waals surface area (Å²) in [6.45, 7) is 1.29. The van der Waals surface area contributed by atoms with Crippen LogP contribution in [0.25, 0.3) is 0 Å². The largest absolute Gasteiger partial charge is 0.468 e. The molecule has 1 N–H and O–H groups in total. The third-order valence-electron chi connectivity index (χ3n) is 3.76. The molecular formula is C15H18N2O6S2. The lowest BCUT2D eigenvalue weighted by molar-refractivity contribution is 0.0730. The summed E-state index contributed by atoms with van der Waals surface area (Å²) < 4.78 is 63.5. The van der Waals surface area contributed by atoms with Gasteiger partial charge in [0.15, 0.2) is 0 Å². The first-order valence-electron chi connectivity index (χ1n) is 7.60. The Bertz CT molecular complexity index is 899. The Morgan fingerprint density at radius 2 is 1.60 bits per heavy atom. The maximum absolute atomic E-state index is 12.5. The van der Waals surface area contributed by atoms with E-state index in [0.29, 0.717) is 19.0 Å². The van der Waals surface area contributed by atoms with Gasteiger partial charge in [-0.25, -0.2) is 21.6 Å². The maximum Gasteiger partial charge on any atom is 0.243 e. The lowest BCUT2D eigenvalue weighted by Gasteiger charge is -2.26. The molecule has 1 aliphatic heterocycles. The van der Waals surface area contributed by atoms with Crippen molar-refractivity contribution in [3.8, 4) is 0 Å². The fourth-order valence-electron chi connectivity index (χ4n) is 2.39. The average Bonchev–Trinajstić information content (AvgIpc) is 3.15. The molecule has 0 radical (unpaired) electrons. The fraction of sp³-hybridized carbons (Fsp3) is 0.333. The number of ether oxygens (including phenoxy) is 1. The lowest BCUT2D eigenvalue weighted by Crippen LogP contribution is -2.40. The molecule has 2 aromatic rings. The van der Waals surface area contributed by atoms with E-state index < -0.39 is 20.0 Å². The molecule has 8 nitrogen and oxygen atoms in total. The Morgan fingerprint density at radius 1 is 0.960 bits per heavy atom.